The third-order valence-corrected chi connectivity index (χ3v) is 3.94. The molecule has 3 rings (SSSR count). The standard InChI is InChI=1S/C21H20N2O/c24-21(19-13-5-2-6-14-19)22-23-17-8-7-15-20(23)16-9-12-18-10-3-1-4-11-18/h1-8,10-11,13-15,17H,9,12,16H2/p+1. The molecule has 1 amide bonds. The molecule has 0 fully saturated rings. The lowest BCUT2D eigenvalue weighted by molar-refractivity contribution is -0.649. The van der Waals surface area contributed by atoms with E-state index in [0.717, 1.165) is 25.0 Å². The molecule has 0 aliphatic heterocycles. The number of hydrogen-bond acceptors (Lipinski definition) is 1. The second-order valence-electron chi connectivity index (χ2n) is 5.71. The van der Waals surface area contributed by atoms with Crippen LogP contribution >= 0.6 is 0 Å². The van der Waals surface area contributed by atoms with Crippen LogP contribution in [0.3, 0.4) is 0 Å². The predicted molar refractivity (Wildman–Crippen MR) is 95.2 cm³/mol. The van der Waals surface area contributed by atoms with Gasteiger partial charge in [0, 0.05) is 24.1 Å². The van der Waals surface area contributed by atoms with Gasteiger partial charge in [-0.2, -0.15) is 0 Å². The maximum Gasteiger partial charge on any atom is 0.305 e. The second kappa shape index (κ2) is 8.06. The van der Waals surface area contributed by atoms with Gasteiger partial charge in [-0.3, -0.25) is 4.79 Å². The Hall–Kier alpha value is -2.94. The van der Waals surface area contributed by atoms with Crippen LogP contribution in [0.4, 0.5) is 0 Å². The number of carbonyl (C=O) groups excluding carboxylic acids is 1. The normalized spacial score (nSPS) is 10.3. The van der Waals surface area contributed by atoms with Crippen molar-refractivity contribution in [2.24, 2.45) is 0 Å². The van der Waals surface area contributed by atoms with Crippen LogP contribution in [0.1, 0.15) is 28.0 Å². The maximum atomic E-state index is 12.3. The topological polar surface area (TPSA) is 33.0 Å². The van der Waals surface area contributed by atoms with Gasteiger partial charge in [0.15, 0.2) is 6.20 Å². The molecule has 120 valence electrons. The summed E-state index contributed by atoms with van der Waals surface area (Å²) in [6.07, 6.45) is 4.86. The van der Waals surface area contributed by atoms with E-state index >= 15 is 0 Å². The molecule has 0 aliphatic rings. The Morgan fingerprint density at radius 2 is 1.46 bits per heavy atom. The molecule has 0 atom stereocenters. The van der Waals surface area contributed by atoms with E-state index in [0.29, 0.717) is 5.56 Å². The molecule has 24 heavy (non-hydrogen) atoms. The van der Waals surface area contributed by atoms with E-state index in [9.17, 15) is 4.79 Å². The van der Waals surface area contributed by atoms with Crippen molar-refractivity contribution in [1.82, 2.24) is 0 Å². The molecular weight excluding hydrogens is 296 g/mol. The number of amides is 1. The average Bonchev–Trinajstić information content (AvgIpc) is 2.65. The number of rotatable bonds is 6. The molecule has 3 aromatic rings. The number of pyridine rings is 1. The van der Waals surface area contributed by atoms with E-state index in [2.05, 4.69) is 35.8 Å². The van der Waals surface area contributed by atoms with Crippen molar-refractivity contribution in [2.45, 2.75) is 19.3 Å². The lowest BCUT2D eigenvalue weighted by Crippen LogP contribution is -2.51. The molecule has 0 aliphatic carbocycles. The van der Waals surface area contributed by atoms with Crippen molar-refractivity contribution in [2.75, 3.05) is 5.43 Å². The van der Waals surface area contributed by atoms with Gasteiger partial charge in [0.25, 0.3) is 0 Å². The van der Waals surface area contributed by atoms with Crippen molar-refractivity contribution in [1.29, 1.82) is 0 Å². The maximum absolute atomic E-state index is 12.3. The van der Waals surface area contributed by atoms with Gasteiger partial charge in [0.1, 0.15) is 0 Å². The Bertz CT molecular complexity index is 785. The van der Waals surface area contributed by atoms with E-state index in [-0.39, 0.29) is 5.91 Å². The number of carbonyl (C=O) groups is 1. The summed E-state index contributed by atoms with van der Waals surface area (Å²) in [5, 5.41) is 0. The second-order valence-corrected chi connectivity index (χ2v) is 5.71. The summed E-state index contributed by atoms with van der Waals surface area (Å²) in [5.74, 6) is -0.101. The van der Waals surface area contributed by atoms with Crippen molar-refractivity contribution in [3.63, 3.8) is 0 Å². The molecule has 1 heterocycles. The Labute approximate surface area is 142 Å². The number of nitrogens with one attached hydrogen (secondary N) is 1. The summed E-state index contributed by atoms with van der Waals surface area (Å²) in [6.45, 7) is 0. The highest BCUT2D eigenvalue weighted by Crippen LogP contribution is 2.06. The van der Waals surface area contributed by atoms with Gasteiger partial charge in [0.2, 0.25) is 5.69 Å². The largest absolute Gasteiger partial charge is 0.305 e. The monoisotopic (exact) mass is 317 g/mol. The summed E-state index contributed by atoms with van der Waals surface area (Å²) in [5.41, 5.74) is 6.05. The van der Waals surface area contributed by atoms with Crippen LogP contribution in [0.15, 0.2) is 85.1 Å². The van der Waals surface area contributed by atoms with E-state index in [4.69, 9.17) is 0 Å². The molecule has 1 aromatic heterocycles. The lowest BCUT2D eigenvalue weighted by Gasteiger charge is -2.05. The zero-order valence-corrected chi connectivity index (χ0v) is 13.6. The first kappa shape index (κ1) is 15.9. The molecule has 0 spiro atoms. The third-order valence-electron chi connectivity index (χ3n) is 3.94. The first-order valence-electron chi connectivity index (χ1n) is 8.23. The summed E-state index contributed by atoms with van der Waals surface area (Å²) in [6, 6.07) is 25.7. The summed E-state index contributed by atoms with van der Waals surface area (Å²) >= 11 is 0. The van der Waals surface area contributed by atoms with Crippen LogP contribution in [-0.4, -0.2) is 5.91 Å². The Kier molecular flexibility index (Phi) is 5.36. The van der Waals surface area contributed by atoms with Gasteiger partial charge in [-0.1, -0.05) is 53.2 Å². The van der Waals surface area contributed by atoms with Crippen LogP contribution < -0.4 is 10.1 Å². The molecule has 0 saturated carbocycles. The Morgan fingerprint density at radius 1 is 0.792 bits per heavy atom. The molecule has 0 saturated heterocycles. The van der Waals surface area contributed by atoms with Crippen molar-refractivity contribution in [3.05, 3.63) is 102 Å². The number of hydrogen-bond donors (Lipinski definition) is 1. The fourth-order valence-corrected chi connectivity index (χ4v) is 2.67. The van der Waals surface area contributed by atoms with Crippen LogP contribution in [0.2, 0.25) is 0 Å². The predicted octanol–water partition coefficient (Wildman–Crippen LogP) is 3.53. The molecule has 0 bridgehead atoms. The van der Waals surface area contributed by atoms with Crippen LogP contribution in [-0.2, 0) is 12.8 Å². The molecule has 0 unspecified atom stereocenters. The molecule has 3 nitrogen and oxygen atoms in total. The van der Waals surface area contributed by atoms with E-state index in [1.807, 2.05) is 59.4 Å². The number of aromatic nitrogens is 1. The highest BCUT2D eigenvalue weighted by molar-refractivity contribution is 5.98. The quantitative estimate of drug-likeness (QED) is 0.693. The fourth-order valence-electron chi connectivity index (χ4n) is 2.67. The van der Waals surface area contributed by atoms with Crippen LogP contribution in [0, 0.1) is 0 Å². The van der Waals surface area contributed by atoms with Crippen LogP contribution in [0.5, 0.6) is 0 Å². The molecule has 0 radical (unpaired) electrons. The van der Waals surface area contributed by atoms with Gasteiger partial charge in [0.05, 0.1) is 0 Å². The van der Waals surface area contributed by atoms with Gasteiger partial charge in [-0.05, 0) is 36.6 Å². The SMILES string of the molecule is O=C(N[n+]1ccccc1CCCc1ccccc1)c1ccccc1. The van der Waals surface area contributed by atoms with E-state index in [1.54, 1.807) is 0 Å². The summed E-state index contributed by atoms with van der Waals surface area (Å²) < 4.78 is 1.82. The molecule has 2 aromatic carbocycles. The fraction of sp³-hybridized carbons (Fsp3) is 0.143. The zero-order chi connectivity index (χ0) is 16.6. The zero-order valence-electron chi connectivity index (χ0n) is 13.6. The molecular formula is C21H21N2O+. The van der Waals surface area contributed by atoms with E-state index < -0.39 is 0 Å². The van der Waals surface area contributed by atoms with Crippen LogP contribution in [0.25, 0.3) is 0 Å². The molecule has 1 N–H and O–H groups in total. The third kappa shape index (κ3) is 4.29. The van der Waals surface area contributed by atoms with Gasteiger partial charge >= 0.3 is 5.91 Å². The average molecular weight is 317 g/mol. The highest BCUT2D eigenvalue weighted by atomic mass is 16.2. The van der Waals surface area contributed by atoms with Gasteiger partial charge in [-0.15, -0.1) is 5.43 Å². The first-order chi connectivity index (χ1) is 11.8. The Morgan fingerprint density at radius 3 is 2.21 bits per heavy atom. The minimum atomic E-state index is -0.101. The van der Waals surface area contributed by atoms with Crippen molar-refractivity contribution in [3.8, 4) is 0 Å². The number of aryl methyl sites for hydroxylation is 2. The summed E-state index contributed by atoms with van der Waals surface area (Å²) in [4.78, 5) is 12.3. The van der Waals surface area contributed by atoms with Gasteiger partial charge < -0.3 is 0 Å². The van der Waals surface area contributed by atoms with E-state index in [1.165, 1.54) is 5.56 Å². The number of benzene rings is 2. The highest BCUT2D eigenvalue weighted by Gasteiger charge is 2.14. The smallest absolute Gasteiger partial charge is 0.264 e. The minimum Gasteiger partial charge on any atom is -0.264 e. The van der Waals surface area contributed by atoms with Crippen molar-refractivity contribution < 1.29 is 9.47 Å². The summed E-state index contributed by atoms with van der Waals surface area (Å²) in [7, 11) is 0. The van der Waals surface area contributed by atoms with Gasteiger partial charge in [-0.25, -0.2) is 0 Å². The lowest BCUT2D eigenvalue weighted by atomic mass is 10.1. The number of nitrogens with zero attached hydrogens (tertiary/aromatic N) is 1. The molecule has 3 heteroatoms. The van der Waals surface area contributed by atoms with Crippen molar-refractivity contribution >= 4 is 5.91 Å². The first-order valence-corrected chi connectivity index (χ1v) is 8.23. The minimum absolute atomic E-state index is 0.101. The Balaban J connectivity index is 1.63.